The summed E-state index contributed by atoms with van der Waals surface area (Å²) in [6.45, 7) is 0. The molecule has 0 radical (unpaired) electrons. The van der Waals surface area contributed by atoms with Gasteiger partial charge in [-0.2, -0.15) is 0 Å². The van der Waals surface area contributed by atoms with Crippen molar-refractivity contribution in [1.82, 2.24) is 9.55 Å². The van der Waals surface area contributed by atoms with Crippen molar-refractivity contribution in [2.45, 2.75) is 0 Å². The van der Waals surface area contributed by atoms with Crippen LogP contribution in [0.5, 0.6) is 0 Å². The molecule has 21 heavy (non-hydrogen) atoms. The van der Waals surface area contributed by atoms with E-state index in [1.54, 1.807) is 0 Å². The van der Waals surface area contributed by atoms with E-state index >= 15 is 0 Å². The van der Waals surface area contributed by atoms with Crippen LogP contribution in [0.25, 0.3) is 15.9 Å². The van der Waals surface area contributed by atoms with Crippen molar-refractivity contribution < 1.29 is 18.7 Å². The molecule has 0 saturated carbocycles. The van der Waals surface area contributed by atoms with Gasteiger partial charge in [-0.25, -0.2) is 13.6 Å². The molecule has 8 heteroatoms. The van der Waals surface area contributed by atoms with E-state index in [1.165, 1.54) is 27.6 Å². The van der Waals surface area contributed by atoms with Gasteiger partial charge in [0.05, 0.1) is 22.6 Å². The molecule has 0 aliphatic rings. The van der Waals surface area contributed by atoms with Crippen molar-refractivity contribution in [3.05, 3.63) is 57.5 Å². The zero-order valence-corrected chi connectivity index (χ0v) is 11.0. The third kappa shape index (κ3) is 2.09. The number of rotatable bonds is 2. The van der Waals surface area contributed by atoms with Gasteiger partial charge < -0.3 is 9.67 Å². The molecule has 0 aliphatic heterocycles. The lowest BCUT2D eigenvalue weighted by atomic mass is 10.1. The van der Waals surface area contributed by atoms with Gasteiger partial charge in [0, 0.05) is 12.3 Å². The monoisotopic (exact) mass is 308 g/mol. The first-order valence-electron chi connectivity index (χ1n) is 5.65. The Morgan fingerprint density at radius 3 is 2.62 bits per heavy atom. The number of fused-ring (bicyclic) bond motifs is 1. The molecule has 2 heterocycles. The number of carboxylic acids is 1. The smallest absolute Gasteiger partial charge is 0.341 e. The van der Waals surface area contributed by atoms with Gasteiger partial charge in [0.2, 0.25) is 5.43 Å². The molecule has 0 bridgehead atoms. The normalized spacial score (nSPS) is 11.0. The number of nitrogens with zero attached hydrogens (tertiary/aromatic N) is 2. The number of hydrogen-bond acceptors (Lipinski definition) is 4. The Morgan fingerprint density at radius 2 is 2.00 bits per heavy atom. The SMILES string of the molecule is O=C(O)c1cn(-c2cncs2)c2cc(F)c(F)cc2c1=O. The van der Waals surface area contributed by atoms with Crippen LogP contribution in [-0.4, -0.2) is 20.6 Å². The molecule has 0 fully saturated rings. The molecule has 0 saturated heterocycles. The van der Waals surface area contributed by atoms with Gasteiger partial charge in [0.25, 0.3) is 0 Å². The fourth-order valence-electron chi connectivity index (χ4n) is 1.98. The maximum atomic E-state index is 13.4. The second-order valence-electron chi connectivity index (χ2n) is 4.17. The summed E-state index contributed by atoms with van der Waals surface area (Å²) in [5, 5.41) is 9.35. The lowest BCUT2D eigenvalue weighted by Crippen LogP contribution is -2.18. The van der Waals surface area contributed by atoms with E-state index in [9.17, 15) is 18.4 Å². The summed E-state index contributed by atoms with van der Waals surface area (Å²) >= 11 is 1.17. The zero-order chi connectivity index (χ0) is 15.1. The summed E-state index contributed by atoms with van der Waals surface area (Å²) in [4.78, 5) is 27.1. The van der Waals surface area contributed by atoms with E-state index in [2.05, 4.69) is 4.98 Å². The van der Waals surface area contributed by atoms with Crippen molar-refractivity contribution in [1.29, 1.82) is 0 Å². The number of hydrogen-bond donors (Lipinski definition) is 1. The first kappa shape index (κ1) is 13.4. The van der Waals surface area contributed by atoms with Gasteiger partial charge in [0.1, 0.15) is 10.6 Å². The number of halogens is 2. The summed E-state index contributed by atoms with van der Waals surface area (Å²) in [7, 11) is 0. The first-order valence-corrected chi connectivity index (χ1v) is 6.53. The van der Waals surface area contributed by atoms with Crippen molar-refractivity contribution in [3.63, 3.8) is 0 Å². The van der Waals surface area contributed by atoms with E-state index < -0.39 is 28.6 Å². The van der Waals surface area contributed by atoms with Gasteiger partial charge >= 0.3 is 5.97 Å². The average molecular weight is 308 g/mol. The summed E-state index contributed by atoms with van der Waals surface area (Å²) in [6.07, 6.45) is 2.51. The Morgan fingerprint density at radius 1 is 1.29 bits per heavy atom. The van der Waals surface area contributed by atoms with Crippen LogP contribution in [-0.2, 0) is 0 Å². The van der Waals surface area contributed by atoms with Crippen molar-refractivity contribution in [3.8, 4) is 5.00 Å². The van der Waals surface area contributed by atoms with E-state index in [1.807, 2.05) is 0 Å². The third-order valence-electron chi connectivity index (χ3n) is 2.93. The predicted molar refractivity (Wildman–Crippen MR) is 72.1 cm³/mol. The molecule has 2 aromatic heterocycles. The molecular weight excluding hydrogens is 302 g/mol. The molecular formula is C13H6F2N2O3S. The lowest BCUT2D eigenvalue weighted by Gasteiger charge is -2.10. The average Bonchev–Trinajstić information content (AvgIpc) is 2.95. The minimum absolute atomic E-state index is 0.0770. The number of thiazole rings is 1. The number of aromatic nitrogens is 2. The molecule has 5 nitrogen and oxygen atoms in total. The summed E-state index contributed by atoms with van der Waals surface area (Å²) < 4.78 is 28.1. The lowest BCUT2D eigenvalue weighted by molar-refractivity contribution is 0.0695. The summed E-state index contributed by atoms with van der Waals surface area (Å²) in [5.74, 6) is -3.77. The Balaban J connectivity index is 2.51. The number of benzene rings is 1. The van der Waals surface area contributed by atoms with Crippen LogP contribution in [0.3, 0.4) is 0 Å². The minimum atomic E-state index is -1.44. The minimum Gasteiger partial charge on any atom is -0.477 e. The Bertz CT molecular complexity index is 919. The number of carbonyl (C=O) groups is 1. The molecule has 0 unspecified atom stereocenters. The quantitative estimate of drug-likeness (QED) is 0.789. The van der Waals surface area contributed by atoms with Crippen LogP contribution in [0.2, 0.25) is 0 Å². The third-order valence-corrected chi connectivity index (χ3v) is 3.70. The zero-order valence-electron chi connectivity index (χ0n) is 10.2. The topological polar surface area (TPSA) is 72.2 Å². The van der Waals surface area contributed by atoms with Gasteiger partial charge in [-0.1, -0.05) is 0 Å². The molecule has 0 amide bonds. The van der Waals surface area contributed by atoms with Crippen LogP contribution >= 0.6 is 11.3 Å². The van der Waals surface area contributed by atoms with Crippen LogP contribution in [0.15, 0.2) is 34.8 Å². The van der Waals surface area contributed by atoms with Gasteiger partial charge in [-0.05, 0) is 6.07 Å². The molecule has 1 N–H and O–H groups in total. The van der Waals surface area contributed by atoms with Gasteiger partial charge in [0.15, 0.2) is 11.6 Å². The van der Waals surface area contributed by atoms with Crippen molar-refractivity contribution in [2.24, 2.45) is 0 Å². The van der Waals surface area contributed by atoms with Crippen LogP contribution < -0.4 is 5.43 Å². The van der Waals surface area contributed by atoms with E-state index in [0.717, 1.165) is 12.3 Å². The Kier molecular flexibility index (Phi) is 3.02. The molecule has 1 aromatic carbocycles. The first-order chi connectivity index (χ1) is 9.99. The number of aromatic carboxylic acids is 1. The number of carboxylic acid groups (broad SMARTS) is 1. The molecule has 106 valence electrons. The Labute approximate surface area is 119 Å². The largest absolute Gasteiger partial charge is 0.477 e. The number of pyridine rings is 1. The maximum Gasteiger partial charge on any atom is 0.341 e. The van der Waals surface area contributed by atoms with Crippen LogP contribution in [0, 0.1) is 11.6 Å². The second kappa shape index (κ2) is 4.74. The molecule has 0 atom stereocenters. The molecule has 3 aromatic rings. The highest BCUT2D eigenvalue weighted by Crippen LogP contribution is 2.22. The molecule has 3 rings (SSSR count). The van der Waals surface area contributed by atoms with Crippen molar-refractivity contribution in [2.75, 3.05) is 0 Å². The predicted octanol–water partition coefficient (Wildman–Crippen LogP) is 2.42. The van der Waals surface area contributed by atoms with Crippen LogP contribution in [0.1, 0.15) is 10.4 Å². The highest BCUT2D eigenvalue weighted by molar-refractivity contribution is 7.12. The fourth-order valence-corrected chi connectivity index (χ4v) is 2.60. The maximum absolute atomic E-state index is 13.4. The van der Waals surface area contributed by atoms with Gasteiger partial charge in [-0.15, -0.1) is 11.3 Å². The van der Waals surface area contributed by atoms with E-state index in [0.29, 0.717) is 11.1 Å². The van der Waals surface area contributed by atoms with Gasteiger partial charge in [-0.3, -0.25) is 9.78 Å². The second-order valence-corrected chi connectivity index (χ2v) is 5.03. The van der Waals surface area contributed by atoms with E-state index in [-0.39, 0.29) is 10.9 Å². The van der Waals surface area contributed by atoms with Crippen molar-refractivity contribution >= 4 is 28.2 Å². The summed E-state index contributed by atoms with van der Waals surface area (Å²) in [6, 6.07) is 1.56. The molecule has 0 spiro atoms. The standard InChI is InChI=1S/C13H6F2N2O3S/c14-8-1-6-10(2-9(8)15)17(11-3-16-5-21-11)4-7(12(6)18)13(19)20/h1-5H,(H,19,20). The highest BCUT2D eigenvalue weighted by atomic mass is 32.1. The molecule has 0 aliphatic carbocycles. The highest BCUT2D eigenvalue weighted by Gasteiger charge is 2.18. The fraction of sp³-hybridized carbons (Fsp3) is 0. The Hall–Kier alpha value is -2.61. The van der Waals surface area contributed by atoms with Crippen LogP contribution in [0.4, 0.5) is 8.78 Å². The van der Waals surface area contributed by atoms with E-state index in [4.69, 9.17) is 5.11 Å². The summed E-state index contributed by atoms with van der Waals surface area (Å²) in [5.41, 5.74) is 0.187.